The van der Waals surface area contributed by atoms with Crippen LogP contribution in [0.25, 0.3) is 0 Å². The van der Waals surface area contributed by atoms with Gasteiger partial charge in [0.1, 0.15) is 0 Å². The summed E-state index contributed by atoms with van der Waals surface area (Å²) >= 11 is 0. The standard InChI is InChI=1S/C11H21N5/c1-4-8(7-12)13-11-14-9(5-2)10(6-3)15-16-11/h8H,4-7,12H2,1-3H3,(H,13,14,16). The maximum Gasteiger partial charge on any atom is 0.243 e. The van der Waals surface area contributed by atoms with Gasteiger partial charge in [-0.1, -0.05) is 20.8 Å². The van der Waals surface area contributed by atoms with E-state index in [-0.39, 0.29) is 6.04 Å². The quantitative estimate of drug-likeness (QED) is 0.756. The van der Waals surface area contributed by atoms with E-state index >= 15 is 0 Å². The molecule has 0 aliphatic rings. The molecule has 1 aromatic rings. The lowest BCUT2D eigenvalue weighted by molar-refractivity contribution is 0.686. The summed E-state index contributed by atoms with van der Waals surface area (Å²) in [7, 11) is 0. The van der Waals surface area contributed by atoms with Gasteiger partial charge in [-0.05, 0) is 19.3 Å². The van der Waals surface area contributed by atoms with Crippen LogP contribution in [0.1, 0.15) is 38.6 Å². The van der Waals surface area contributed by atoms with Gasteiger partial charge in [-0.15, -0.1) is 5.10 Å². The lowest BCUT2D eigenvalue weighted by Crippen LogP contribution is -2.29. The first-order chi connectivity index (χ1) is 7.74. The van der Waals surface area contributed by atoms with Gasteiger partial charge in [0.05, 0.1) is 11.4 Å². The minimum Gasteiger partial charge on any atom is -0.349 e. The summed E-state index contributed by atoms with van der Waals surface area (Å²) in [5.74, 6) is 0.589. The molecule has 1 aromatic heterocycles. The average Bonchev–Trinajstić information content (AvgIpc) is 2.35. The molecule has 0 aliphatic heterocycles. The van der Waals surface area contributed by atoms with Gasteiger partial charge in [-0.2, -0.15) is 5.10 Å². The van der Waals surface area contributed by atoms with Gasteiger partial charge < -0.3 is 11.1 Å². The number of anilines is 1. The molecule has 0 saturated heterocycles. The van der Waals surface area contributed by atoms with Crippen LogP contribution in [0.15, 0.2) is 0 Å². The molecule has 0 spiro atoms. The number of rotatable bonds is 6. The highest BCUT2D eigenvalue weighted by atomic mass is 15.2. The molecule has 5 nitrogen and oxygen atoms in total. The number of nitrogens with two attached hydrogens (primary N) is 1. The van der Waals surface area contributed by atoms with E-state index in [4.69, 9.17) is 5.73 Å². The SMILES string of the molecule is CCc1nnc(NC(CC)CN)nc1CC. The van der Waals surface area contributed by atoms with Gasteiger partial charge >= 0.3 is 0 Å². The highest BCUT2D eigenvalue weighted by molar-refractivity contribution is 5.27. The lowest BCUT2D eigenvalue weighted by atomic mass is 10.2. The molecular weight excluding hydrogens is 202 g/mol. The van der Waals surface area contributed by atoms with Crippen molar-refractivity contribution < 1.29 is 0 Å². The van der Waals surface area contributed by atoms with Crippen LogP contribution in [0.5, 0.6) is 0 Å². The van der Waals surface area contributed by atoms with Crippen LogP contribution >= 0.6 is 0 Å². The number of nitrogens with zero attached hydrogens (tertiary/aromatic N) is 3. The first-order valence-electron chi connectivity index (χ1n) is 5.94. The van der Waals surface area contributed by atoms with E-state index in [1.54, 1.807) is 0 Å². The molecule has 0 aliphatic carbocycles. The van der Waals surface area contributed by atoms with Crippen molar-refractivity contribution in [3.8, 4) is 0 Å². The summed E-state index contributed by atoms with van der Waals surface area (Å²) in [6.07, 6.45) is 2.71. The van der Waals surface area contributed by atoms with Crippen molar-refractivity contribution in [1.29, 1.82) is 0 Å². The van der Waals surface area contributed by atoms with E-state index in [0.717, 1.165) is 30.7 Å². The summed E-state index contributed by atoms with van der Waals surface area (Å²) in [6.45, 7) is 6.80. The summed E-state index contributed by atoms with van der Waals surface area (Å²) in [6, 6.07) is 0.221. The second-order valence-electron chi connectivity index (χ2n) is 3.72. The van der Waals surface area contributed by atoms with E-state index in [0.29, 0.717) is 12.5 Å². The average molecular weight is 223 g/mol. The molecule has 1 heterocycles. The summed E-state index contributed by atoms with van der Waals surface area (Å²) in [4.78, 5) is 4.46. The highest BCUT2D eigenvalue weighted by Gasteiger charge is 2.09. The van der Waals surface area contributed by atoms with Crippen molar-refractivity contribution in [2.45, 2.75) is 46.1 Å². The first-order valence-corrected chi connectivity index (χ1v) is 5.94. The fourth-order valence-corrected chi connectivity index (χ4v) is 1.51. The minimum atomic E-state index is 0.221. The lowest BCUT2D eigenvalue weighted by Gasteiger charge is -2.14. The van der Waals surface area contributed by atoms with E-state index in [1.807, 2.05) is 0 Å². The predicted molar refractivity (Wildman–Crippen MR) is 65.3 cm³/mol. The Balaban J connectivity index is 2.82. The Morgan fingerprint density at radius 2 is 1.81 bits per heavy atom. The highest BCUT2D eigenvalue weighted by Crippen LogP contribution is 2.08. The molecule has 16 heavy (non-hydrogen) atoms. The summed E-state index contributed by atoms with van der Waals surface area (Å²) in [5, 5.41) is 11.4. The molecule has 0 radical (unpaired) electrons. The Kier molecular flexibility index (Phi) is 5.11. The zero-order valence-corrected chi connectivity index (χ0v) is 10.3. The minimum absolute atomic E-state index is 0.221. The molecule has 0 amide bonds. The van der Waals surface area contributed by atoms with Crippen LogP contribution in [0.3, 0.4) is 0 Å². The van der Waals surface area contributed by atoms with E-state index in [1.165, 1.54) is 0 Å². The third-order valence-electron chi connectivity index (χ3n) is 2.62. The Labute approximate surface area is 96.9 Å². The summed E-state index contributed by atoms with van der Waals surface area (Å²) in [5.41, 5.74) is 7.62. The molecule has 0 saturated carbocycles. The Hall–Kier alpha value is -1.23. The molecule has 0 bridgehead atoms. The van der Waals surface area contributed by atoms with Crippen molar-refractivity contribution in [2.75, 3.05) is 11.9 Å². The predicted octanol–water partition coefficient (Wildman–Crippen LogP) is 1.15. The first kappa shape index (κ1) is 12.8. The molecular formula is C11H21N5. The monoisotopic (exact) mass is 223 g/mol. The number of nitrogens with one attached hydrogen (secondary N) is 1. The van der Waals surface area contributed by atoms with Crippen molar-refractivity contribution in [3.05, 3.63) is 11.4 Å². The smallest absolute Gasteiger partial charge is 0.243 e. The van der Waals surface area contributed by atoms with Crippen molar-refractivity contribution in [2.24, 2.45) is 5.73 Å². The van der Waals surface area contributed by atoms with Gasteiger partial charge in [0.2, 0.25) is 5.95 Å². The van der Waals surface area contributed by atoms with E-state index < -0.39 is 0 Å². The number of aromatic nitrogens is 3. The molecule has 5 heteroatoms. The third kappa shape index (κ3) is 3.13. The van der Waals surface area contributed by atoms with Crippen molar-refractivity contribution >= 4 is 5.95 Å². The molecule has 0 fully saturated rings. The normalized spacial score (nSPS) is 12.5. The maximum absolute atomic E-state index is 5.62. The molecule has 3 N–H and O–H groups in total. The third-order valence-corrected chi connectivity index (χ3v) is 2.62. The molecule has 1 atom stereocenters. The van der Waals surface area contributed by atoms with Crippen LogP contribution < -0.4 is 11.1 Å². The van der Waals surface area contributed by atoms with E-state index in [9.17, 15) is 0 Å². The van der Waals surface area contributed by atoms with Gasteiger partial charge in [-0.25, -0.2) is 4.98 Å². The second-order valence-corrected chi connectivity index (χ2v) is 3.72. The molecule has 0 aromatic carbocycles. The van der Waals surface area contributed by atoms with Gasteiger partial charge in [0.25, 0.3) is 0 Å². The van der Waals surface area contributed by atoms with E-state index in [2.05, 4.69) is 41.3 Å². The van der Waals surface area contributed by atoms with Gasteiger partial charge in [-0.3, -0.25) is 0 Å². The Morgan fingerprint density at radius 1 is 1.12 bits per heavy atom. The zero-order valence-electron chi connectivity index (χ0n) is 10.3. The van der Waals surface area contributed by atoms with Crippen molar-refractivity contribution in [1.82, 2.24) is 15.2 Å². The van der Waals surface area contributed by atoms with Gasteiger partial charge in [0, 0.05) is 12.6 Å². The maximum atomic E-state index is 5.62. The molecule has 1 unspecified atom stereocenters. The van der Waals surface area contributed by atoms with Gasteiger partial charge in [0.15, 0.2) is 0 Å². The molecule has 1 rings (SSSR count). The number of hydrogen-bond acceptors (Lipinski definition) is 5. The fourth-order valence-electron chi connectivity index (χ4n) is 1.51. The van der Waals surface area contributed by atoms with Crippen molar-refractivity contribution in [3.63, 3.8) is 0 Å². The van der Waals surface area contributed by atoms with Crippen LogP contribution in [-0.2, 0) is 12.8 Å². The van der Waals surface area contributed by atoms with Crippen LogP contribution in [0.4, 0.5) is 5.95 Å². The zero-order chi connectivity index (χ0) is 12.0. The van der Waals surface area contributed by atoms with Crippen LogP contribution in [0.2, 0.25) is 0 Å². The second kappa shape index (κ2) is 6.37. The largest absolute Gasteiger partial charge is 0.349 e. The Morgan fingerprint density at radius 3 is 2.31 bits per heavy atom. The Bertz CT molecular complexity index is 322. The topological polar surface area (TPSA) is 76.7 Å². The van der Waals surface area contributed by atoms with Crippen LogP contribution in [-0.4, -0.2) is 27.8 Å². The molecule has 90 valence electrons. The fraction of sp³-hybridized carbons (Fsp3) is 0.727. The van der Waals surface area contributed by atoms with Crippen LogP contribution in [0, 0.1) is 0 Å². The number of hydrogen-bond donors (Lipinski definition) is 2. The summed E-state index contributed by atoms with van der Waals surface area (Å²) < 4.78 is 0. The number of aryl methyl sites for hydroxylation is 2.